The summed E-state index contributed by atoms with van der Waals surface area (Å²) in [5, 5.41) is 0.581. The van der Waals surface area contributed by atoms with Crippen LogP contribution >= 0.6 is 11.8 Å². The van der Waals surface area contributed by atoms with Gasteiger partial charge in [-0.15, -0.1) is 0 Å². The van der Waals surface area contributed by atoms with E-state index >= 15 is 0 Å². The summed E-state index contributed by atoms with van der Waals surface area (Å²) in [7, 11) is 3.17. The topological polar surface area (TPSA) is 83.2 Å². The molecule has 0 saturated carbocycles. The van der Waals surface area contributed by atoms with Crippen molar-refractivity contribution >= 4 is 17.7 Å². The van der Waals surface area contributed by atoms with E-state index in [1.807, 2.05) is 12.3 Å². The molecule has 100 valence electrons. The Balaban J connectivity index is 2.49. The first kappa shape index (κ1) is 13.4. The molecule has 0 radical (unpaired) electrons. The Morgan fingerprint density at radius 2 is 1.79 bits per heavy atom. The highest BCUT2D eigenvalue weighted by Crippen LogP contribution is 2.31. The Morgan fingerprint density at radius 3 is 2.42 bits per heavy atom. The van der Waals surface area contributed by atoms with E-state index in [0.717, 1.165) is 5.56 Å². The molecule has 7 heteroatoms. The molecule has 0 fully saturated rings. The number of methoxy groups -OCH3 is 2. The monoisotopic (exact) mass is 278 g/mol. The number of nitrogen functional groups attached to an aromatic ring is 1. The van der Waals surface area contributed by atoms with Crippen molar-refractivity contribution < 1.29 is 9.47 Å². The van der Waals surface area contributed by atoms with Crippen LogP contribution in [0.5, 0.6) is 11.5 Å². The quantitative estimate of drug-likeness (QED) is 0.854. The average molecular weight is 278 g/mol. The van der Waals surface area contributed by atoms with Gasteiger partial charge in [-0.1, -0.05) is 11.8 Å². The molecule has 2 N–H and O–H groups in total. The van der Waals surface area contributed by atoms with Gasteiger partial charge in [0.15, 0.2) is 22.5 Å². The van der Waals surface area contributed by atoms with Crippen LogP contribution < -0.4 is 15.2 Å². The molecule has 0 aliphatic rings. The fraction of sp³-hybridized carbons (Fsp3) is 0.250. The van der Waals surface area contributed by atoms with Gasteiger partial charge in [0, 0.05) is 5.56 Å². The Labute approximate surface area is 115 Å². The molecule has 0 bridgehead atoms. The number of nitrogens with two attached hydrogens (primary N) is 1. The van der Waals surface area contributed by atoms with Crippen LogP contribution in [0.25, 0.3) is 11.4 Å². The molecule has 1 aromatic heterocycles. The number of rotatable bonds is 4. The minimum atomic E-state index is 0.198. The summed E-state index contributed by atoms with van der Waals surface area (Å²) in [5.41, 5.74) is 6.46. The summed E-state index contributed by atoms with van der Waals surface area (Å²) < 4.78 is 10.4. The van der Waals surface area contributed by atoms with Gasteiger partial charge in [-0.3, -0.25) is 0 Å². The second kappa shape index (κ2) is 5.75. The molecule has 0 atom stereocenters. The van der Waals surface area contributed by atoms with Gasteiger partial charge in [0.05, 0.1) is 14.2 Å². The second-order valence-electron chi connectivity index (χ2n) is 3.57. The lowest BCUT2D eigenvalue weighted by atomic mass is 10.2. The first-order chi connectivity index (χ1) is 9.17. The van der Waals surface area contributed by atoms with E-state index in [9.17, 15) is 0 Å². The smallest absolute Gasteiger partial charge is 0.224 e. The average Bonchev–Trinajstić information content (AvgIpc) is 2.45. The van der Waals surface area contributed by atoms with E-state index in [4.69, 9.17) is 15.2 Å². The van der Waals surface area contributed by atoms with Gasteiger partial charge in [0.25, 0.3) is 0 Å². The lowest BCUT2D eigenvalue weighted by molar-refractivity contribution is 0.355. The van der Waals surface area contributed by atoms with E-state index in [1.54, 1.807) is 26.4 Å². The molecule has 2 aromatic rings. The third-order valence-corrected chi connectivity index (χ3v) is 3.00. The summed E-state index contributed by atoms with van der Waals surface area (Å²) in [5.74, 6) is 1.98. The molecule has 0 saturated heterocycles. The molecule has 0 aliphatic carbocycles. The molecule has 0 aliphatic heterocycles. The second-order valence-corrected chi connectivity index (χ2v) is 4.35. The van der Waals surface area contributed by atoms with Gasteiger partial charge in [0.1, 0.15) is 0 Å². The van der Waals surface area contributed by atoms with Crippen molar-refractivity contribution in [3.8, 4) is 22.9 Å². The number of hydrogen-bond donors (Lipinski definition) is 1. The fourth-order valence-electron chi connectivity index (χ4n) is 1.57. The molecular formula is C12H14N4O2S. The van der Waals surface area contributed by atoms with Crippen molar-refractivity contribution in [2.45, 2.75) is 5.16 Å². The maximum Gasteiger partial charge on any atom is 0.224 e. The van der Waals surface area contributed by atoms with Gasteiger partial charge in [-0.25, -0.2) is 4.98 Å². The van der Waals surface area contributed by atoms with Crippen molar-refractivity contribution in [3.63, 3.8) is 0 Å². The lowest BCUT2D eigenvalue weighted by Gasteiger charge is -2.09. The summed E-state index contributed by atoms with van der Waals surface area (Å²) >= 11 is 1.41. The van der Waals surface area contributed by atoms with Crippen molar-refractivity contribution in [1.82, 2.24) is 15.0 Å². The largest absolute Gasteiger partial charge is 0.493 e. The van der Waals surface area contributed by atoms with E-state index in [1.165, 1.54) is 11.8 Å². The number of benzene rings is 1. The van der Waals surface area contributed by atoms with Crippen LogP contribution in [0.1, 0.15) is 0 Å². The first-order valence-corrected chi connectivity index (χ1v) is 6.68. The zero-order chi connectivity index (χ0) is 13.8. The molecule has 0 spiro atoms. The predicted molar refractivity (Wildman–Crippen MR) is 74.6 cm³/mol. The molecule has 1 aromatic carbocycles. The maximum atomic E-state index is 5.67. The molecule has 0 amide bonds. The molecular weight excluding hydrogens is 264 g/mol. The number of ether oxygens (including phenoxy) is 2. The summed E-state index contributed by atoms with van der Waals surface area (Å²) in [6, 6.07) is 5.45. The number of anilines is 1. The van der Waals surface area contributed by atoms with E-state index < -0.39 is 0 Å². The number of aromatic nitrogens is 3. The minimum Gasteiger partial charge on any atom is -0.493 e. The van der Waals surface area contributed by atoms with Crippen LogP contribution in [0.15, 0.2) is 23.4 Å². The van der Waals surface area contributed by atoms with E-state index in [2.05, 4.69) is 15.0 Å². The van der Waals surface area contributed by atoms with Crippen molar-refractivity contribution in [3.05, 3.63) is 18.2 Å². The fourth-order valence-corrected chi connectivity index (χ4v) is 1.93. The predicted octanol–water partition coefficient (Wildman–Crippen LogP) is 1.86. The Kier molecular flexibility index (Phi) is 4.06. The minimum absolute atomic E-state index is 0.198. The van der Waals surface area contributed by atoms with Crippen LogP contribution in [0.3, 0.4) is 0 Å². The Morgan fingerprint density at radius 1 is 1.05 bits per heavy atom. The van der Waals surface area contributed by atoms with Crippen LogP contribution in [0, 0.1) is 0 Å². The SMILES string of the molecule is COc1ccc(-c2nc(N)nc(SC)n2)cc1OC. The van der Waals surface area contributed by atoms with Gasteiger partial charge in [-0.05, 0) is 24.5 Å². The summed E-state index contributed by atoms with van der Waals surface area (Å²) in [6.07, 6.45) is 1.88. The van der Waals surface area contributed by atoms with Gasteiger partial charge in [0.2, 0.25) is 5.95 Å². The molecule has 1 heterocycles. The first-order valence-electron chi connectivity index (χ1n) is 5.46. The molecule has 0 unspecified atom stereocenters. The van der Waals surface area contributed by atoms with E-state index in [0.29, 0.717) is 22.5 Å². The normalized spacial score (nSPS) is 10.3. The van der Waals surface area contributed by atoms with Gasteiger partial charge < -0.3 is 15.2 Å². The lowest BCUT2D eigenvalue weighted by Crippen LogP contribution is -2.01. The van der Waals surface area contributed by atoms with Crippen molar-refractivity contribution in [2.24, 2.45) is 0 Å². The van der Waals surface area contributed by atoms with Crippen LogP contribution in [0.4, 0.5) is 5.95 Å². The Bertz CT molecular complexity index is 592. The maximum absolute atomic E-state index is 5.67. The summed E-state index contributed by atoms with van der Waals surface area (Å²) in [4.78, 5) is 12.5. The highest BCUT2D eigenvalue weighted by Gasteiger charge is 2.10. The number of nitrogens with zero attached hydrogens (tertiary/aromatic N) is 3. The highest BCUT2D eigenvalue weighted by atomic mass is 32.2. The zero-order valence-corrected chi connectivity index (χ0v) is 11.7. The van der Waals surface area contributed by atoms with Crippen LogP contribution in [-0.2, 0) is 0 Å². The third kappa shape index (κ3) is 2.87. The van der Waals surface area contributed by atoms with E-state index in [-0.39, 0.29) is 5.95 Å². The van der Waals surface area contributed by atoms with Gasteiger partial charge in [-0.2, -0.15) is 9.97 Å². The number of hydrogen-bond acceptors (Lipinski definition) is 7. The highest BCUT2D eigenvalue weighted by molar-refractivity contribution is 7.98. The zero-order valence-electron chi connectivity index (χ0n) is 10.9. The number of thioether (sulfide) groups is 1. The van der Waals surface area contributed by atoms with Crippen LogP contribution in [0.2, 0.25) is 0 Å². The standard InChI is InChI=1S/C12H14N4O2S/c1-17-8-5-4-7(6-9(8)18-2)10-14-11(13)16-12(15-10)19-3/h4-6H,1-3H3,(H2,13,14,15,16). The molecule has 6 nitrogen and oxygen atoms in total. The van der Waals surface area contributed by atoms with Crippen LogP contribution in [-0.4, -0.2) is 35.4 Å². The van der Waals surface area contributed by atoms with Crippen molar-refractivity contribution in [2.75, 3.05) is 26.2 Å². The van der Waals surface area contributed by atoms with Gasteiger partial charge >= 0.3 is 0 Å². The molecule has 2 rings (SSSR count). The third-order valence-electron chi connectivity index (χ3n) is 2.46. The summed E-state index contributed by atoms with van der Waals surface area (Å²) in [6.45, 7) is 0. The Hall–Kier alpha value is -2.02. The molecule has 19 heavy (non-hydrogen) atoms. The van der Waals surface area contributed by atoms with Crippen molar-refractivity contribution in [1.29, 1.82) is 0 Å².